The highest BCUT2D eigenvalue weighted by Crippen LogP contribution is 2.44. The third-order valence-corrected chi connectivity index (χ3v) is 5.79. The number of benzene rings is 2. The van der Waals surface area contributed by atoms with Crippen LogP contribution < -0.4 is 10.6 Å². The number of hydrogen-bond acceptors (Lipinski definition) is 4. The van der Waals surface area contributed by atoms with Gasteiger partial charge in [0.05, 0.1) is 0 Å². The Kier molecular flexibility index (Phi) is 7.76. The summed E-state index contributed by atoms with van der Waals surface area (Å²) in [4.78, 5) is 37.0. The standard InChI is InChI=1S/C27H32N2O5/c1-5-10-22(25(31)32)28-24(30)23(15-27(2,3)4)29-26(33)34-16-21-19-13-8-6-11-17(19)18-12-7-9-14-20(18)21/h5-9,11-14,21-23H,1,10,15-16H2,2-4H3,(H,28,30)(H,29,33)(H,31,32). The van der Waals surface area contributed by atoms with Crippen molar-refractivity contribution in [1.82, 2.24) is 10.6 Å². The number of carboxylic acid groups (broad SMARTS) is 1. The second-order valence-corrected chi connectivity index (χ2v) is 9.71. The summed E-state index contributed by atoms with van der Waals surface area (Å²) < 4.78 is 5.57. The number of ether oxygens (including phenoxy) is 1. The first-order valence-electron chi connectivity index (χ1n) is 11.4. The molecule has 2 atom stereocenters. The number of carbonyl (C=O) groups excluding carboxylic acids is 2. The quantitative estimate of drug-likeness (QED) is 0.475. The van der Waals surface area contributed by atoms with Crippen LogP contribution in [0.25, 0.3) is 11.1 Å². The second-order valence-electron chi connectivity index (χ2n) is 9.71. The van der Waals surface area contributed by atoms with Crippen LogP contribution in [0, 0.1) is 5.41 Å². The molecule has 2 aromatic carbocycles. The van der Waals surface area contributed by atoms with Gasteiger partial charge in [-0.05, 0) is 40.5 Å². The summed E-state index contributed by atoms with van der Waals surface area (Å²) in [6.07, 6.45) is 1.09. The number of nitrogens with one attached hydrogen (secondary N) is 2. The second kappa shape index (κ2) is 10.5. The fourth-order valence-corrected chi connectivity index (χ4v) is 4.26. The summed E-state index contributed by atoms with van der Waals surface area (Å²) in [5.74, 6) is -1.83. The van der Waals surface area contributed by atoms with Crippen molar-refractivity contribution in [3.63, 3.8) is 0 Å². The molecule has 2 amide bonds. The molecule has 0 saturated heterocycles. The number of aliphatic carboxylic acids is 1. The van der Waals surface area contributed by atoms with E-state index < -0.39 is 30.1 Å². The van der Waals surface area contributed by atoms with E-state index in [1.54, 1.807) is 0 Å². The van der Waals surface area contributed by atoms with Crippen molar-refractivity contribution in [2.24, 2.45) is 5.41 Å². The predicted molar refractivity (Wildman–Crippen MR) is 130 cm³/mol. The van der Waals surface area contributed by atoms with Crippen LogP contribution in [0.3, 0.4) is 0 Å². The van der Waals surface area contributed by atoms with E-state index in [-0.39, 0.29) is 24.4 Å². The highest BCUT2D eigenvalue weighted by Gasteiger charge is 2.32. The zero-order chi connectivity index (χ0) is 24.9. The predicted octanol–water partition coefficient (Wildman–Crippen LogP) is 4.48. The SMILES string of the molecule is C=CCC(NC(=O)C(CC(C)(C)C)NC(=O)OCC1c2ccccc2-c2ccccc21)C(=O)O. The van der Waals surface area contributed by atoms with Gasteiger partial charge >= 0.3 is 12.1 Å². The van der Waals surface area contributed by atoms with E-state index in [1.165, 1.54) is 6.08 Å². The van der Waals surface area contributed by atoms with Gasteiger partial charge in [-0.3, -0.25) is 4.79 Å². The van der Waals surface area contributed by atoms with E-state index in [9.17, 15) is 19.5 Å². The molecule has 3 rings (SSSR count). The maximum atomic E-state index is 12.9. The molecule has 2 aromatic rings. The van der Waals surface area contributed by atoms with Crippen molar-refractivity contribution in [2.75, 3.05) is 6.61 Å². The van der Waals surface area contributed by atoms with Crippen molar-refractivity contribution < 1.29 is 24.2 Å². The molecule has 7 heteroatoms. The fourth-order valence-electron chi connectivity index (χ4n) is 4.26. The van der Waals surface area contributed by atoms with Gasteiger partial charge in [0.25, 0.3) is 0 Å². The smallest absolute Gasteiger partial charge is 0.407 e. The van der Waals surface area contributed by atoms with E-state index in [0.29, 0.717) is 6.42 Å². The first-order chi connectivity index (χ1) is 16.1. The van der Waals surface area contributed by atoms with Gasteiger partial charge in [0, 0.05) is 5.92 Å². The molecule has 0 aliphatic heterocycles. The van der Waals surface area contributed by atoms with E-state index in [4.69, 9.17) is 4.74 Å². The van der Waals surface area contributed by atoms with Crippen LogP contribution >= 0.6 is 0 Å². The lowest BCUT2D eigenvalue weighted by atomic mass is 9.87. The van der Waals surface area contributed by atoms with Crippen molar-refractivity contribution >= 4 is 18.0 Å². The van der Waals surface area contributed by atoms with Gasteiger partial charge in [-0.2, -0.15) is 0 Å². The minimum atomic E-state index is -1.16. The zero-order valence-electron chi connectivity index (χ0n) is 19.8. The number of hydrogen-bond donors (Lipinski definition) is 3. The Balaban J connectivity index is 1.69. The van der Waals surface area contributed by atoms with Crippen molar-refractivity contribution in [1.29, 1.82) is 0 Å². The van der Waals surface area contributed by atoms with Crippen molar-refractivity contribution in [3.05, 3.63) is 72.3 Å². The molecule has 34 heavy (non-hydrogen) atoms. The molecular weight excluding hydrogens is 432 g/mol. The first kappa shape index (κ1) is 25.0. The largest absolute Gasteiger partial charge is 0.480 e. The molecule has 1 aliphatic carbocycles. The zero-order valence-corrected chi connectivity index (χ0v) is 19.8. The summed E-state index contributed by atoms with van der Waals surface area (Å²) in [7, 11) is 0. The third-order valence-electron chi connectivity index (χ3n) is 5.79. The molecule has 0 spiro atoms. The van der Waals surface area contributed by atoms with Gasteiger partial charge in [-0.1, -0.05) is 75.4 Å². The normalized spacial score (nSPS) is 14.3. The number of carbonyl (C=O) groups is 3. The molecule has 0 aromatic heterocycles. The molecule has 2 unspecified atom stereocenters. The number of carboxylic acids is 1. The third kappa shape index (κ3) is 6.04. The molecule has 0 heterocycles. The highest BCUT2D eigenvalue weighted by atomic mass is 16.5. The van der Waals surface area contributed by atoms with Crippen LogP contribution in [0.2, 0.25) is 0 Å². The number of rotatable bonds is 9. The first-order valence-corrected chi connectivity index (χ1v) is 11.4. The van der Waals surface area contributed by atoms with E-state index in [2.05, 4.69) is 29.3 Å². The Bertz CT molecular complexity index is 1030. The van der Waals surface area contributed by atoms with Crippen LogP contribution in [-0.2, 0) is 14.3 Å². The van der Waals surface area contributed by atoms with E-state index in [1.807, 2.05) is 57.2 Å². The summed E-state index contributed by atoms with van der Waals surface area (Å²) in [5.41, 5.74) is 4.14. The Hall–Kier alpha value is -3.61. The van der Waals surface area contributed by atoms with Crippen LogP contribution in [0.5, 0.6) is 0 Å². The highest BCUT2D eigenvalue weighted by molar-refractivity contribution is 5.89. The molecule has 3 N–H and O–H groups in total. The van der Waals surface area contributed by atoms with Gasteiger partial charge in [0.15, 0.2) is 0 Å². The summed E-state index contributed by atoms with van der Waals surface area (Å²) in [6.45, 7) is 9.46. The minimum Gasteiger partial charge on any atom is -0.480 e. The minimum absolute atomic E-state index is 0.0776. The molecule has 0 radical (unpaired) electrons. The summed E-state index contributed by atoms with van der Waals surface area (Å²) >= 11 is 0. The van der Waals surface area contributed by atoms with Gasteiger partial charge in [0.1, 0.15) is 18.7 Å². The van der Waals surface area contributed by atoms with E-state index in [0.717, 1.165) is 22.3 Å². The fraction of sp³-hybridized carbons (Fsp3) is 0.370. The van der Waals surface area contributed by atoms with Gasteiger partial charge in [-0.15, -0.1) is 6.58 Å². The molecular formula is C27H32N2O5. The van der Waals surface area contributed by atoms with Crippen molar-refractivity contribution in [2.45, 2.75) is 51.6 Å². The average molecular weight is 465 g/mol. The van der Waals surface area contributed by atoms with Crippen LogP contribution in [0.4, 0.5) is 4.79 Å². The lowest BCUT2D eigenvalue weighted by Gasteiger charge is -2.27. The van der Waals surface area contributed by atoms with E-state index >= 15 is 0 Å². The molecule has 1 aliphatic rings. The average Bonchev–Trinajstić information content (AvgIpc) is 3.09. The topological polar surface area (TPSA) is 105 Å². The Morgan fingerprint density at radius 3 is 2.06 bits per heavy atom. The molecule has 0 fully saturated rings. The molecule has 0 bridgehead atoms. The van der Waals surface area contributed by atoms with Gasteiger partial charge in [-0.25, -0.2) is 9.59 Å². The number of amides is 2. The molecule has 0 saturated carbocycles. The Morgan fingerprint density at radius 1 is 1.00 bits per heavy atom. The van der Waals surface area contributed by atoms with Crippen LogP contribution in [0.1, 0.15) is 50.7 Å². The maximum absolute atomic E-state index is 12.9. The number of alkyl carbamates (subject to hydrolysis) is 1. The number of fused-ring (bicyclic) bond motifs is 3. The van der Waals surface area contributed by atoms with Crippen molar-refractivity contribution in [3.8, 4) is 11.1 Å². The monoisotopic (exact) mass is 464 g/mol. The lowest BCUT2D eigenvalue weighted by Crippen LogP contribution is -2.52. The Morgan fingerprint density at radius 2 is 1.56 bits per heavy atom. The molecule has 180 valence electrons. The van der Waals surface area contributed by atoms with Gasteiger partial charge < -0.3 is 20.5 Å². The maximum Gasteiger partial charge on any atom is 0.407 e. The van der Waals surface area contributed by atoms with Gasteiger partial charge in [0.2, 0.25) is 5.91 Å². The summed E-state index contributed by atoms with van der Waals surface area (Å²) in [6, 6.07) is 14.0. The van der Waals surface area contributed by atoms with Crippen LogP contribution in [-0.4, -0.2) is 41.8 Å². The summed E-state index contributed by atoms with van der Waals surface area (Å²) in [5, 5.41) is 14.5. The molecule has 7 nitrogen and oxygen atoms in total. The van der Waals surface area contributed by atoms with Crippen LogP contribution in [0.15, 0.2) is 61.2 Å². The lowest BCUT2D eigenvalue weighted by molar-refractivity contribution is -0.142. The Labute approximate surface area is 200 Å².